The van der Waals surface area contributed by atoms with E-state index in [1.54, 1.807) is 37.4 Å². The molecule has 0 aliphatic rings. The van der Waals surface area contributed by atoms with Crippen LogP contribution in [0.4, 0.5) is 5.69 Å². The molecular formula is C22H27ClN4O3S. The number of nitrogens with two attached hydrogens (primary N) is 1. The van der Waals surface area contributed by atoms with E-state index in [0.29, 0.717) is 36.8 Å². The number of halogens is 1. The number of rotatable bonds is 10. The fraction of sp³-hybridized carbons (Fsp3) is 0.318. The van der Waals surface area contributed by atoms with Crippen LogP contribution >= 0.6 is 11.6 Å². The summed E-state index contributed by atoms with van der Waals surface area (Å²) >= 11 is 6.16. The number of fused-ring (bicyclic) bond motifs is 1. The molecule has 0 amide bonds. The fourth-order valence-corrected chi connectivity index (χ4v) is 4.96. The largest absolute Gasteiger partial charge is 0.497 e. The number of ether oxygens (including phenoxy) is 1. The monoisotopic (exact) mass is 462 g/mol. The van der Waals surface area contributed by atoms with Crippen LogP contribution in [0.2, 0.25) is 5.02 Å². The van der Waals surface area contributed by atoms with Crippen molar-refractivity contribution in [2.45, 2.75) is 18.2 Å². The molecule has 7 nitrogen and oxygen atoms in total. The van der Waals surface area contributed by atoms with E-state index >= 15 is 0 Å². The molecule has 3 rings (SSSR count). The molecule has 0 aliphatic heterocycles. The van der Waals surface area contributed by atoms with E-state index in [0.717, 1.165) is 22.3 Å². The van der Waals surface area contributed by atoms with Crippen molar-refractivity contribution in [3.8, 4) is 5.75 Å². The van der Waals surface area contributed by atoms with E-state index in [9.17, 15) is 8.42 Å². The van der Waals surface area contributed by atoms with Gasteiger partial charge in [0, 0.05) is 41.4 Å². The van der Waals surface area contributed by atoms with Crippen molar-refractivity contribution in [3.05, 3.63) is 59.2 Å². The van der Waals surface area contributed by atoms with Gasteiger partial charge in [0.25, 0.3) is 0 Å². The summed E-state index contributed by atoms with van der Waals surface area (Å²) in [5.74, 6) is 0.604. The summed E-state index contributed by atoms with van der Waals surface area (Å²) in [6.07, 6.45) is 0.572. The molecule has 1 heterocycles. The molecular weight excluding hydrogens is 436 g/mol. The third-order valence-corrected chi connectivity index (χ3v) is 7.03. The molecule has 0 fully saturated rings. The molecule has 3 N–H and O–H groups in total. The highest BCUT2D eigenvalue weighted by molar-refractivity contribution is 7.89. The minimum Gasteiger partial charge on any atom is -0.497 e. The number of aryl methyl sites for hydroxylation is 1. The highest BCUT2D eigenvalue weighted by atomic mass is 35.5. The zero-order valence-electron chi connectivity index (χ0n) is 17.6. The molecule has 3 aromatic rings. The molecule has 2 aromatic carbocycles. The van der Waals surface area contributed by atoms with Crippen LogP contribution < -0.4 is 15.8 Å². The van der Waals surface area contributed by atoms with Crippen LogP contribution in [-0.4, -0.2) is 51.0 Å². The molecule has 0 atom stereocenters. The summed E-state index contributed by atoms with van der Waals surface area (Å²) in [5.41, 5.74) is 8.20. The van der Waals surface area contributed by atoms with Gasteiger partial charge < -0.3 is 15.8 Å². The number of hydrogen-bond donors (Lipinski definition) is 2. The second-order valence-electron chi connectivity index (χ2n) is 7.12. The first-order valence-corrected chi connectivity index (χ1v) is 11.8. The second kappa shape index (κ2) is 10.3. The Bertz CT molecular complexity index is 1140. The van der Waals surface area contributed by atoms with Crippen LogP contribution in [0.1, 0.15) is 12.1 Å². The van der Waals surface area contributed by atoms with Crippen LogP contribution in [0.3, 0.4) is 0 Å². The van der Waals surface area contributed by atoms with Crippen molar-refractivity contribution in [2.75, 3.05) is 38.6 Å². The Hall–Kier alpha value is -2.39. The van der Waals surface area contributed by atoms with Gasteiger partial charge in [0.05, 0.1) is 17.5 Å². The third kappa shape index (κ3) is 5.65. The van der Waals surface area contributed by atoms with Gasteiger partial charge in [-0.05, 0) is 68.4 Å². The van der Waals surface area contributed by atoms with Crippen molar-refractivity contribution in [1.82, 2.24) is 9.29 Å². The molecule has 31 heavy (non-hydrogen) atoms. The first-order chi connectivity index (χ1) is 14.8. The topological polar surface area (TPSA) is 97.6 Å². The third-order valence-electron chi connectivity index (χ3n) is 4.88. The molecule has 0 aliphatic carbocycles. The highest BCUT2D eigenvalue weighted by Crippen LogP contribution is 2.26. The van der Waals surface area contributed by atoms with Gasteiger partial charge in [-0.15, -0.1) is 0 Å². The highest BCUT2D eigenvalue weighted by Gasteiger charge is 2.23. The molecule has 0 unspecified atom stereocenters. The molecule has 0 saturated carbocycles. The maximum absolute atomic E-state index is 13.2. The summed E-state index contributed by atoms with van der Waals surface area (Å²) in [6, 6.07) is 13.8. The number of anilines is 1. The first kappa shape index (κ1) is 23.3. The van der Waals surface area contributed by atoms with E-state index in [1.165, 1.54) is 4.31 Å². The molecule has 166 valence electrons. The minimum atomic E-state index is -3.66. The Labute approximate surface area is 188 Å². The van der Waals surface area contributed by atoms with Crippen LogP contribution in [0, 0.1) is 6.92 Å². The Kier molecular flexibility index (Phi) is 7.72. The Morgan fingerprint density at radius 3 is 2.55 bits per heavy atom. The van der Waals surface area contributed by atoms with Crippen LogP contribution in [0.25, 0.3) is 10.9 Å². The van der Waals surface area contributed by atoms with Crippen molar-refractivity contribution in [2.24, 2.45) is 5.73 Å². The number of sulfonamides is 1. The van der Waals surface area contributed by atoms with Crippen molar-refractivity contribution in [1.29, 1.82) is 0 Å². The van der Waals surface area contributed by atoms with Gasteiger partial charge in [-0.1, -0.05) is 11.6 Å². The molecule has 9 heteroatoms. The lowest BCUT2D eigenvalue weighted by Crippen LogP contribution is -2.36. The number of nitrogens with one attached hydrogen (secondary N) is 1. The van der Waals surface area contributed by atoms with Crippen LogP contribution in [0.5, 0.6) is 5.75 Å². The maximum Gasteiger partial charge on any atom is 0.243 e. The number of pyridine rings is 1. The SMILES string of the molecule is COc1ccc(S(=O)(=O)N(CCCN)CCNc2cc(C)nc3ccc(Cl)cc23)cc1. The lowest BCUT2D eigenvalue weighted by molar-refractivity contribution is 0.412. The van der Waals surface area contributed by atoms with Gasteiger partial charge in [0.15, 0.2) is 0 Å². The van der Waals surface area contributed by atoms with Gasteiger partial charge >= 0.3 is 0 Å². The summed E-state index contributed by atoms with van der Waals surface area (Å²) < 4.78 is 32.9. The number of nitrogens with zero attached hydrogens (tertiary/aromatic N) is 2. The predicted octanol–water partition coefficient (Wildman–Crippen LogP) is 3.66. The number of hydrogen-bond acceptors (Lipinski definition) is 6. The van der Waals surface area contributed by atoms with E-state index in [2.05, 4.69) is 10.3 Å². The number of benzene rings is 2. The summed E-state index contributed by atoms with van der Waals surface area (Å²) in [5, 5.41) is 4.86. The zero-order valence-corrected chi connectivity index (χ0v) is 19.2. The molecule has 0 saturated heterocycles. The Morgan fingerprint density at radius 2 is 1.87 bits per heavy atom. The van der Waals surface area contributed by atoms with Crippen molar-refractivity contribution >= 4 is 38.2 Å². The summed E-state index contributed by atoms with van der Waals surface area (Å²) in [6.45, 7) is 3.38. The van der Waals surface area contributed by atoms with Gasteiger partial charge in [0.1, 0.15) is 5.75 Å². The van der Waals surface area contributed by atoms with E-state index < -0.39 is 10.0 Å². The van der Waals surface area contributed by atoms with Crippen LogP contribution in [0.15, 0.2) is 53.4 Å². The van der Waals surface area contributed by atoms with E-state index in [-0.39, 0.29) is 11.4 Å². The molecule has 1 aromatic heterocycles. The summed E-state index contributed by atoms with van der Waals surface area (Å²) in [4.78, 5) is 4.75. The van der Waals surface area contributed by atoms with Gasteiger partial charge in [-0.25, -0.2) is 8.42 Å². The molecule has 0 spiro atoms. The van der Waals surface area contributed by atoms with E-state index in [4.69, 9.17) is 22.1 Å². The first-order valence-electron chi connectivity index (χ1n) is 10.00. The number of aromatic nitrogens is 1. The smallest absolute Gasteiger partial charge is 0.243 e. The van der Waals surface area contributed by atoms with Crippen LogP contribution in [-0.2, 0) is 10.0 Å². The van der Waals surface area contributed by atoms with Gasteiger partial charge in [-0.3, -0.25) is 4.98 Å². The maximum atomic E-state index is 13.2. The lowest BCUT2D eigenvalue weighted by Gasteiger charge is -2.23. The summed E-state index contributed by atoms with van der Waals surface area (Å²) in [7, 11) is -2.12. The van der Waals surface area contributed by atoms with E-state index in [1.807, 2.05) is 25.1 Å². The predicted molar refractivity (Wildman–Crippen MR) is 125 cm³/mol. The van der Waals surface area contributed by atoms with Gasteiger partial charge in [-0.2, -0.15) is 4.31 Å². The molecule has 0 radical (unpaired) electrons. The normalized spacial score (nSPS) is 11.8. The standard InChI is InChI=1S/C22H27ClN4O3S/c1-16-14-22(20-15-17(23)4-9-21(20)26-16)25-11-13-27(12-3-10-24)31(28,29)19-7-5-18(30-2)6-8-19/h4-9,14-15H,3,10-13,24H2,1-2H3,(H,25,26). The van der Waals surface area contributed by atoms with Crippen molar-refractivity contribution in [3.63, 3.8) is 0 Å². The van der Waals surface area contributed by atoms with Gasteiger partial charge in [0.2, 0.25) is 10.0 Å². The average Bonchev–Trinajstić information content (AvgIpc) is 2.76. The Morgan fingerprint density at radius 1 is 1.13 bits per heavy atom. The second-order valence-corrected chi connectivity index (χ2v) is 9.50. The van der Waals surface area contributed by atoms with Crippen molar-refractivity contribution < 1.29 is 13.2 Å². The zero-order chi connectivity index (χ0) is 22.4. The average molecular weight is 463 g/mol. The lowest BCUT2D eigenvalue weighted by atomic mass is 10.1. The Balaban J connectivity index is 1.79. The molecule has 0 bridgehead atoms. The minimum absolute atomic E-state index is 0.224. The quantitative estimate of drug-likeness (QED) is 0.477. The number of methoxy groups -OCH3 is 1. The fourth-order valence-electron chi connectivity index (χ4n) is 3.31.